The molecule has 1 aromatic heterocycles. The Balaban J connectivity index is 2.19. The van der Waals surface area contributed by atoms with Crippen molar-refractivity contribution in [3.05, 3.63) is 15.8 Å². The molecule has 2 N–H and O–H groups in total. The number of carboxylic acid groups (broad SMARTS) is 1. The summed E-state index contributed by atoms with van der Waals surface area (Å²) >= 11 is 1.13. The smallest absolute Gasteiger partial charge is 0.348 e. The van der Waals surface area contributed by atoms with Gasteiger partial charge in [-0.15, -0.1) is 11.3 Å². The third kappa shape index (κ3) is 5.48. The number of hydrogen-bond donors (Lipinski definition) is 2. The highest BCUT2D eigenvalue weighted by molar-refractivity contribution is 7.15. The standard InChI is InChI=1S/C19H26N2O4S/c1-19(2,3)8-7-13-12-15(16(26-13)18(23)24)20-14-6-5-9-21(17(14)22)10-11-25-4/h12,14,20H,5-6,9-11H2,1-4H3,(H,23,24). The largest absolute Gasteiger partial charge is 0.477 e. The molecule has 7 heteroatoms. The van der Waals surface area contributed by atoms with Crippen molar-refractivity contribution in [3.63, 3.8) is 0 Å². The maximum atomic E-state index is 12.6. The van der Waals surface area contributed by atoms with Crippen LogP contribution in [0.5, 0.6) is 0 Å². The first-order chi connectivity index (χ1) is 12.2. The predicted octanol–water partition coefficient (Wildman–Crippen LogP) is 2.89. The van der Waals surface area contributed by atoms with Gasteiger partial charge in [0.15, 0.2) is 0 Å². The summed E-state index contributed by atoms with van der Waals surface area (Å²) in [5, 5.41) is 12.6. The van der Waals surface area contributed by atoms with Gasteiger partial charge in [0.25, 0.3) is 0 Å². The molecule has 6 nitrogen and oxygen atoms in total. The monoisotopic (exact) mass is 378 g/mol. The predicted molar refractivity (Wildman–Crippen MR) is 103 cm³/mol. The molecule has 2 heterocycles. The quantitative estimate of drug-likeness (QED) is 0.744. The molecule has 26 heavy (non-hydrogen) atoms. The van der Waals surface area contributed by atoms with Crippen molar-refractivity contribution in [2.24, 2.45) is 5.41 Å². The zero-order valence-electron chi connectivity index (χ0n) is 15.7. The maximum absolute atomic E-state index is 12.6. The van der Waals surface area contributed by atoms with Gasteiger partial charge in [-0.1, -0.05) is 11.8 Å². The third-order valence-corrected chi connectivity index (χ3v) is 4.95. The summed E-state index contributed by atoms with van der Waals surface area (Å²) in [7, 11) is 1.61. The highest BCUT2D eigenvalue weighted by Crippen LogP contribution is 2.29. The molecule has 1 aliphatic heterocycles. The minimum absolute atomic E-state index is 0.0156. The summed E-state index contributed by atoms with van der Waals surface area (Å²) < 4.78 is 5.05. The zero-order chi connectivity index (χ0) is 19.3. The van der Waals surface area contributed by atoms with Crippen molar-refractivity contribution < 1.29 is 19.4 Å². The Bertz CT molecular complexity index is 724. The van der Waals surface area contributed by atoms with Gasteiger partial charge in [-0.2, -0.15) is 0 Å². The second-order valence-corrected chi connectivity index (χ2v) is 8.37. The summed E-state index contributed by atoms with van der Waals surface area (Å²) in [4.78, 5) is 26.8. The number of likely N-dealkylation sites (tertiary alicyclic amines) is 1. The number of amides is 1. The fourth-order valence-electron chi connectivity index (χ4n) is 2.65. The molecule has 1 aromatic rings. The average Bonchev–Trinajstić information content (AvgIpc) is 2.96. The van der Waals surface area contributed by atoms with Crippen molar-refractivity contribution in [2.75, 3.05) is 32.1 Å². The average molecular weight is 378 g/mol. The third-order valence-electron chi connectivity index (χ3n) is 3.91. The van der Waals surface area contributed by atoms with E-state index in [1.165, 1.54) is 0 Å². The van der Waals surface area contributed by atoms with Gasteiger partial charge in [0.05, 0.1) is 17.2 Å². The molecule has 1 amide bonds. The molecule has 1 aliphatic rings. The number of carbonyl (C=O) groups excluding carboxylic acids is 1. The number of nitrogens with zero attached hydrogens (tertiary/aromatic N) is 1. The first-order valence-electron chi connectivity index (χ1n) is 8.66. The number of anilines is 1. The van der Waals surface area contributed by atoms with E-state index in [1.807, 2.05) is 20.8 Å². The Morgan fingerprint density at radius 1 is 1.50 bits per heavy atom. The van der Waals surface area contributed by atoms with E-state index < -0.39 is 12.0 Å². The zero-order valence-corrected chi connectivity index (χ0v) is 16.5. The summed E-state index contributed by atoms with van der Waals surface area (Å²) in [5.41, 5.74) is 0.301. The fourth-order valence-corrected chi connectivity index (χ4v) is 3.47. The Labute approximate surface area is 158 Å². The SMILES string of the molecule is COCCN1CCCC(Nc2cc(C#CC(C)(C)C)sc2C(=O)O)C1=O. The molecule has 0 aliphatic carbocycles. The molecule has 1 unspecified atom stereocenters. The van der Waals surface area contributed by atoms with Crippen LogP contribution in [-0.4, -0.2) is 54.7 Å². The number of carbonyl (C=O) groups is 2. The van der Waals surface area contributed by atoms with Gasteiger partial charge < -0.3 is 20.1 Å². The van der Waals surface area contributed by atoms with Crippen LogP contribution < -0.4 is 5.32 Å². The number of thiophene rings is 1. The molecule has 142 valence electrons. The van der Waals surface area contributed by atoms with Crippen molar-refractivity contribution in [3.8, 4) is 11.8 Å². The number of rotatable bonds is 6. The van der Waals surface area contributed by atoms with E-state index in [1.54, 1.807) is 18.1 Å². The molecule has 0 saturated carbocycles. The van der Waals surface area contributed by atoms with Crippen LogP contribution in [0.2, 0.25) is 0 Å². The van der Waals surface area contributed by atoms with Crippen molar-refractivity contribution in [1.29, 1.82) is 0 Å². The number of piperidine rings is 1. The van der Waals surface area contributed by atoms with E-state index in [-0.39, 0.29) is 16.2 Å². The molecule has 0 bridgehead atoms. The van der Waals surface area contributed by atoms with Crippen LogP contribution in [0, 0.1) is 17.3 Å². The van der Waals surface area contributed by atoms with Crippen LogP contribution in [0.15, 0.2) is 6.07 Å². The fraction of sp³-hybridized carbons (Fsp3) is 0.579. The van der Waals surface area contributed by atoms with Crippen LogP contribution in [0.3, 0.4) is 0 Å². The van der Waals surface area contributed by atoms with E-state index in [0.717, 1.165) is 17.8 Å². The van der Waals surface area contributed by atoms with E-state index >= 15 is 0 Å². The van der Waals surface area contributed by atoms with Crippen LogP contribution in [0.25, 0.3) is 0 Å². The molecule has 2 rings (SSSR count). The van der Waals surface area contributed by atoms with Gasteiger partial charge in [0, 0.05) is 25.6 Å². The molecule has 1 atom stereocenters. The van der Waals surface area contributed by atoms with Crippen molar-refractivity contribution in [2.45, 2.75) is 39.7 Å². The van der Waals surface area contributed by atoms with Crippen LogP contribution in [0.4, 0.5) is 5.69 Å². The van der Waals surface area contributed by atoms with Gasteiger partial charge in [-0.05, 0) is 39.7 Å². The van der Waals surface area contributed by atoms with Crippen molar-refractivity contribution >= 4 is 28.9 Å². The second kappa shape index (κ2) is 8.56. The highest BCUT2D eigenvalue weighted by atomic mass is 32.1. The number of ether oxygens (including phenoxy) is 1. The number of carboxylic acids is 1. The Kier molecular flexibility index (Phi) is 6.68. The normalized spacial score (nSPS) is 17.6. The Morgan fingerprint density at radius 3 is 2.85 bits per heavy atom. The summed E-state index contributed by atoms with van der Waals surface area (Å²) in [6.07, 6.45) is 1.55. The van der Waals surface area contributed by atoms with E-state index in [2.05, 4.69) is 17.2 Å². The topological polar surface area (TPSA) is 78.9 Å². The summed E-state index contributed by atoms with van der Waals surface area (Å²) in [6.45, 7) is 7.74. The first kappa shape index (κ1) is 20.3. The van der Waals surface area contributed by atoms with E-state index in [9.17, 15) is 14.7 Å². The van der Waals surface area contributed by atoms with Gasteiger partial charge in [0.2, 0.25) is 5.91 Å². The highest BCUT2D eigenvalue weighted by Gasteiger charge is 2.30. The minimum Gasteiger partial charge on any atom is -0.477 e. The van der Waals surface area contributed by atoms with Gasteiger partial charge in [-0.25, -0.2) is 4.79 Å². The van der Waals surface area contributed by atoms with Gasteiger partial charge in [0.1, 0.15) is 10.9 Å². The van der Waals surface area contributed by atoms with Gasteiger partial charge in [-0.3, -0.25) is 4.79 Å². The molecule has 1 saturated heterocycles. The molecule has 0 radical (unpaired) electrons. The van der Waals surface area contributed by atoms with E-state index in [4.69, 9.17) is 4.74 Å². The minimum atomic E-state index is -1.01. The molecular weight excluding hydrogens is 352 g/mol. The Morgan fingerprint density at radius 2 is 2.23 bits per heavy atom. The van der Waals surface area contributed by atoms with Crippen LogP contribution in [-0.2, 0) is 9.53 Å². The van der Waals surface area contributed by atoms with Crippen molar-refractivity contribution in [1.82, 2.24) is 4.90 Å². The molecule has 0 spiro atoms. The molecule has 1 fully saturated rings. The number of aromatic carboxylic acids is 1. The van der Waals surface area contributed by atoms with E-state index in [0.29, 0.717) is 36.7 Å². The lowest BCUT2D eigenvalue weighted by atomic mass is 9.98. The lowest BCUT2D eigenvalue weighted by molar-refractivity contribution is -0.134. The summed E-state index contributed by atoms with van der Waals surface area (Å²) in [6, 6.07) is 1.31. The lowest BCUT2D eigenvalue weighted by Gasteiger charge is -2.32. The maximum Gasteiger partial charge on any atom is 0.348 e. The Hall–Kier alpha value is -2.04. The van der Waals surface area contributed by atoms with Gasteiger partial charge >= 0.3 is 5.97 Å². The number of nitrogens with one attached hydrogen (secondary N) is 1. The first-order valence-corrected chi connectivity index (χ1v) is 9.47. The number of hydrogen-bond acceptors (Lipinski definition) is 5. The lowest BCUT2D eigenvalue weighted by Crippen LogP contribution is -2.48. The molecule has 0 aromatic carbocycles. The molecular formula is C19H26N2O4S. The summed E-state index contributed by atoms with van der Waals surface area (Å²) in [5.74, 6) is 5.12. The van der Waals surface area contributed by atoms with Crippen LogP contribution >= 0.6 is 11.3 Å². The number of methoxy groups -OCH3 is 1. The van der Waals surface area contributed by atoms with Crippen LogP contribution in [0.1, 0.15) is 48.2 Å². The second-order valence-electron chi connectivity index (χ2n) is 7.32.